The molecule has 0 fully saturated rings. The van der Waals surface area contributed by atoms with Gasteiger partial charge in [-0.2, -0.15) is 0 Å². The first-order valence-electron chi connectivity index (χ1n) is 6.44. The SMILES string of the molecule is CCN(CC)c1cc(C(=O)O)nc(-c2ccccn2)n1. The maximum atomic E-state index is 11.2. The highest BCUT2D eigenvalue weighted by atomic mass is 16.4. The van der Waals surface area contributed by atoms with Crippen LogP contribution in [0.4, 0.5) is 5.82 Å². The van der Waals surface area contributed by atoms with Crippen LogP contribution in [0.25, 0.3) is 11.5 Å². The number of hydrogen-bond acceptors (Lipinski definition) is 5. The minimum Gasteiger partial charge on any atom is -0.477 e. The number of rotatable bonds is 5. The van der Waals surface area contributed by atoms with Gasteiger partial charge in [0.05, 0.1) is 0 Å². The summed E-state index contributed by atoms with van der Waals surface area (Å²) < 4.78 is 0. The fourth-order valence-corrected chi connectivity index (χ4v) is 1.86. The van der Waals surface area contributed by atoms with E-state index in [2.05, 4.69) is 15.0 Å². The van der Waals surface area contributed by atoms with Gasteiger partial charge in [0.1, 0.15) is 11.5 Å². The third-order valence-electron chi connectivity index (χ3n) is 2.91. The average Bonchev–Trinajstić information content (AvgIpc) is 2.49. The lowest BCUT2D eigenvalue weighted by atomic mass is 10.3. The molecule has 6 heteroatoms. The topological polar surface area (TPSA) is 79.2 Å². The lowest BCUT2D eigenvalue weighted by Crippen LogP contribution is -2.24. The molecule has 2 rings (SSSR count). The van der Waals surface area contributed by atoms with Crippen LogP contribution in [-0.2, 0) is 0 Å². The van der Waals surface area contributed by atoms with Gasteiger partial charge in [-0.05, 0) is 26.0 Å². The molecular weight excluding hydrogens is 256 g/mol. The van der Waals surface area contributed by atoms with Gasteiger partial charge in [-0.3, -0.25) is 4.98 Å². The molecule has 0 atom stereocenters. The predicted molar refractivity (Wildman–Crippen MR) is 75.8 cm³/mol. The minimum atomic E-state index is -1.07. The second-order valence-electron chi connectivity index (χ2n) is 4.13. The van der Waals surface area contributed by atoms with Crippen LogP contribution in [0.2, 0.25) is 0 Å². The quantitative estimate of drug-likeness (QED) is 0.897. The van der Waals surface area contributed by atoms with Crippen molar-refractivity contribution in [2.24, 2.45) is 0 Å². The van der Waals surface area contributed by atoms with Gasteiger partial charge in [-0.15, -0.1) is 0 Å². The Morgan fingerprint density at radius 3 is 2.55 bits per heavy atom. The number of carbonyl (C=O) groups is 1. The van der Waals surface area contributed by atoms with Gasteiger partial charge in [-0.1, -0.05) is 6.07 Å². The Morgan fingerprint density at radius 2 is 2.00 bits per heavy atom. The Kier molecular flexibility index (Phi) is 4.24. The Balaban J connectivity index is 2.55. The van der Waals surface area contributed by atoms with E-state index in [1.165, 1.54) is 6.07 Å². The molecule has 2 heterocycles. The second-order valence-corrected chi connectivity index (χ2v) is 4.13. The third kappa shape index (κ3) is 2.90. The van der Waals surface area contributed by atoms with Crippen molar-refractivity contribution >= 4 is 11.8 Å². The number of pyridine rings is 1. The normalized spacial score (nSPS) is 10.3. The minimum absolute atomic E-state index is 0.0254. The fraction of sp³-hybridized carbons (Fsp3) is 0.286. The smallest absolute Gasteiger partial charge is 0.354 e. The first kappa shape index (κ1) is 13.9. The van der Waals surface area contributed by atoms with E-state index in [4.69, 9.17) is 0 Å². The molecule has 6 nitrogen and oxygen atoms in total. The summed E-state index contributed by atoms with van der Waals surface area (Å²) in [5.74, 6) is -0.145. The largest absolute Gasteiger partial charge is 0.477 e. The molecule has 2 aromatic heterocycles. The highest BCUT2D eigenvalue weighted by Gasteiger charge is 2.14. The fourth-order valence-electron chi connectivity index (χ4n) is 1.86. The van der Waals surface area contributed by atoms with Crippen LogP contribution in [0.1, 0.15) is 24.3 Å². The van der Waals surface area contributed by atoms with Crippen LogP contribution in [0.15, 0.2) is 30.5 Å². The summed E-state index contributed by atoms with van der Waals surface area (Å²) in [4.78, 5) is 25.8. The molecule has 104 valence electrons. The highest BCUT2D eigenvalue weighted by Crippen LogP contribution is 2.18. The van der Waals surface area contributed by atoms with Crippen molar-refractivity contribution in [2.45, 2.75) is 13.8 Å². The Morgan fingerprint density at radius 1 is 1.25 bits per heavy atom. The van der Waals surface area contributed by atoms with Gasteiger partial charge < -0.3 is 10.0 Å². The molecule has 0 spiro atoms. The molecule has 1 N–H and O–H groups in total. The molecule has 0 aliphatic carbocycles. The number of aromatic carboxylic acids is 1. The first-order chi connectivity index (χ1) is 9.65. The van der Waals surface area contributed by atoms with Crippen molar-refractivity contribution in [2.75, 3.05) is 18.0 Å². The lowest BCUT2D eigenvalue weighted by molar-refractivity contribution is 0.0690. The molecule has 0 saturated heterocycles. The van der Waals surface area contributed by atoms with Crippen LogP contribution >= 0.6 is 0 Å². The molecule has 0 aliphatic heterocycles. The van der Waals surface area contributed by atoms with E-state index in [1.807, 2.05) is 24.8 Å². The van der Waals surface area contributed by atoms with Crippen molar-refractivity contribution in [3.8, 4) is 11.5 Å². The molecule has 0 saturated carbocycles. The molecule has 20 heavy (non-hydrogen) atoms. The number of carboxylic acid groups (broad SMARTS) is 1. The predicted octanol–water partition coefficient (Wildman–Crippen LogP) is 2.08. The van der Waals surface area contributed by atoms with Gasteiger partial charge in [-0.25, -0.2) is 14.8 Å². The maximum absolute atomic E-state index is 11.2. The number of anilines is 1. The number of aromatic nitrogens is 3. The Hall–Kier alpha value is -2.50. The monoisotopic (exact) mass is 272 g/mol. The molecule has 0 aromatic carbocycles. The first-order valence-corrected chi connectivity index (χ1v) is 6.44. The summed E-state index contributed by atoms with van der Waals surface area (Å²) in [6.45, 7) is 5.47. The molecule has 0 unspecified atom stereocenters. The summed E-state index contributed by atoms with van der Waals surface area (Å²) in [5, 5.41) is 9.18. The molecular formula is C14H16N4O2. The zero-order valence-electron chi connectivity index (χ0n) is 11.4. The van der Waals surface area contributed by atoms with Gasteiger partial charge in [0, 0.05) is 25.4 Å². The van der Waals surface area contributed by atoms with Crippen LogP contribution < -0.4 is 4.90 Å². The molecule has 0 amide bonds. The highest BCUT2D eigenvalue weighted by molar-refractivity contribution is 5.86. The summed E-state index contributed by atoms with van der Waals surface area (Å²) in [6, 6.07) is 6.85. The van der Waals surface area contributed by atoms with E-state index in [-0.39, 0.29) is 5.69 Å². The van der Waals surface area contributed by atoms with E-state index in [9.17, 15) is 9.90 Å². The molecule has 0 aliphatic rings. The van der Waals surface area contributed by atoms with Crippen LogP contribution in [-0.4, -0.2) is 39.1 Å². The van der Waals surface area contributed by atoms with Gasteiger partial charge >= 0.3 is 5.97 Å². The number of hydrogen-bond donors (Lipinski definition) is 1. The summed E-state index contributed by atoms with van der Waals surface area (Å²) in [5.41, 5.74) is 0.534. The Labute approximate surface area is 117 Å². The molecule has 0 radical (unpaired) electrons. The van der Waals surface area contributed by atoms with Crippen molar-refractivity contribution in [3.05, 3.63) is 36.2 Å². The Bertz CT molecular complexity index is 597. The lowest BCUT2D eigenvalue weighted by Gasteiger charge is -2.20. The summed E-state index contributed by atoms with van der Waals surface area (Å²) >= 11 is 0. The number of nitrogens with zero attached hydrogens (tertiary/aromatic N) is 4. The zero-order valence-corrected chi connectivity index (χ0v) is 11.4. The van der Waals surface area contributed by atoms with Crippen molar-refractivity contribution in [1.82, 2.24) is 15.0 Å². The maximum Gasteiger partial charge on any atom is 0.354 e. The van der Waals surface area contributed by atoms with Gasteiger partial charge in [0.15, 0.2) is 11.5 Å². The van der Waals surface area contributed by atoms with E-state index in [0.29, 0.717) is 17.3 Å². The van der Waals surface area contributed by atoms with E-state index in [1.54, 1.807) is 18.3 Å². The average molecular weight is 272 g/mol. The second kappa shape index (κ2) is 6.10. The van der Waals surface area contributed by atoms with Crippen LogP contribution in [0, 0.1) is 0 Å². The third-order valence-corrected chi connectivity index (χ3v) is 2.91. The van der Waals surface area contributed by atoms with Gasteiger partial charge in [0.25, 0.3) is 0 Å². The molecule has 2 aromatic rings. The zero-order chi connectivity index (χ0) is 14.5. The molecule has 0 bridgehead atoms. The summed E-state index contributed by atoms with van der Waals surface area (Å²) in [6.07, 6.45) is 1.63. The van der Waals surface area contributed by atoms with Gasteiger partial charge in [0.2, 0.25) is 0 Å². The van der Waals surface area contributed by atoms with Crippen molar-refractivity contribution in [1.29, 1.82) is 0 Å². The van der Waals surface area contributed by atoms with Crippen molar-refractivity contribution < 1.29 is 9.90 Å². The number of carboxylic acids is 1. The van der Waals surface area contributed by atoms with E-state index < -0.39 is 5.97 Å². The standard InChI is InChI=1S/C14H16N4O2/c1-3-18(4-2)12-9-11(14(19)20)16-13(17-12)10-7-5-6-8-15-10/h5-9H,3-4H2,1-2H3,(H,19,20). The van der Waals surface area contributed by atoms with E-state index >= 15 is 0 Å². The van der Waals surface area contributed by atoms with E-state index in [0.717, 1.165) is 13.1 Å². The van der Waals surface area contributed by atoms with Crippen LogP contribution in [0.5, 0.6) is 0 Å². The van der Waals surface area contributed by atoms with Crippen LogP contribution in [0.3, 0.4) is 0 Å². The summed E-state index contributed by atoms with van der Waals surface area (Å²) in [7, 11) is 0. The van der Waals surface area contributed by atoms with Crippen molar-refractivity contribution in [3.63, 3.8) is 0 Å².